The van der Waals surface area contributed by atoms with E-state index >= 15 is 0 Å². The first-order valence-electron chi connectivity index (χ1n) is 12.9. The van der Waals surface area contributed by atoms with E-state index in [1.807, 2.05) is 12.1 Å². The van der Waals surface area contributed by atoms with Crippen LogP contribution in [-0.2, 0) is 9.84 Å². The molecular formula is C27H35N5O3S2. The van der Waals surface area contributed by atoms with Crippen molar-refractivity contribution in [3.05, 3.63) is 59.7 Å². The maximum atomic E-state index is 12.6. The van der Waals surface area contributed by atoms with Crippen molar-refractivity contribution in [2.75, 3.05) is 54.4 Å². The molecule has 0 bridgehead atoms. The first-order valence-corrected chi connectivity index (χ1v) is 15.6. The minimum absolute atomic E-state index is 0.0118. The van der Waals surface area contributed by atoms with Gasteiger partial charge in [-0.25, -0.2) is 8.42 Å². The van der Waals surface area contributed by atoms with Crippen LogP contribution in [0.1, 0.15) is 29.3 Å². The average Bonchev–Trinajstić information content (AvgIpc) is 3.34. The van der Waals surface area contributed by atoms with Gasteiger partial charge >= 0.3 is 0 Å². The molecule has 2 fully saturated rings. The highest BCUT2D eigenvalue weighted by Gasteiger charge is 2.42. The Morgan fingerprint density at radius 3 is 2.68 bits per heavy atom. The first-order chi connectivity index (χ1) is 17.8. The number of nitrogens with zero attached hydrogens (tertiary/aromatic N) is 3. The van der Waals surface area contributed by atoms with E-state index in [2.05, 4.69) is 63.5 Å². The van der Waals surface area contributed by atoms with Crippen LogP contribution < -0.4 is 15.5 Å². The fourth-order valence-electron chi connectivity index (χ4n) is 5.28. The minimum Gasteiger partial charge on any atom is -0.366 e. The summed E-state index contributed by atoms with van der Waals surface area (Å²) in [6, 6.07) is 16.3. The molecule has 2 aromatic carbocycles. The quantitative estimate of drug-likeness (QED) is 0.521. The molecule has 2 aromatic rings. The van der Waals surface area contributed by atoms with E-state index in [0.29, 0.717) is 18.2 Å². The van der Waals surface area contributed by atoms with Crippen LogP contribution in [0.5, 0.6) is 0 Å². The second-order valence-electron chi connectivity index (χ2n) is 10.2. The van der Waals surface area contributed by atoms with Crippen molar-refractivity contribution in [3.63, 3.8) is 0 Å². The number of rotatable bonds is 7. The summed E-state index contributed by atoms with van der Waals surface area (Å²) in [5, 5.41) is 7.04. The topological polar surface area (TPSA) is 94.1 Å². The van der Waals surface area contributed by atoms with Crippen LogP contribution in [0.2, 0.25) is 0 Å². The van der Waals surface area contributed by atoms with Crippen LogP contribution >= 0.6 is 11.8 Å². The molecule has 0 saturated carbocycles. The molecule has 0 aromatic heterocycles. The van der Waals surface area contributed by atoms with Gasteiger partial charge in [-0.2, -0.15) is 0 Å². The Labute approximate surface area is 223 Å². The number of piperazine rings is 1. The number of anilines is 2. The molecule has 10 heteroatoms. The third kappa shape index (κ3) is 6.48. The van der Waals surface area contributed by atoms with Crippen molar-refractivity contribution in [1.82, 2.24) is 10.2 Å². The Bertz CT molecular complexity index is 1270. The predicted octanol–water partition coefficient (Wildman–Crippen LogP) is 3.01. The van der Waals surface area contributed by atoms with Crippen molar-refractivity contribution in [1.29, 1.82) is 0 Å². The fraction of sp³-hybridized carbons (Fsp3) is 0.481. The number of nitrogens with one attached hydrogen (secondary N) is 2. The number of carbonyl (C=O) groups is 1. The van der Waals surface area contributed by atoms with E-state index in [0.717, 1.165) is 43.5 Å². The van der Waals surface area contributed by atoms with Gasteiger partial charge in [-0.1, -0.05) is 23.9 Å². The van der Waals surface area contributed by atoms with Crippen molar-refractivity contribution < 1.29 is 13.2 Å². The van der Waals surface area contributed by atoms with Crippen molar-refractivity contribution in [2.45, 2.75) is 37.6 Å². The highest BCUT2D eigenvalue weighted by molar-refractivity contribution is 8.15. The Kier molecular flexibility index (Phi) is 7.78. The Balaban J connectivity index is 1.02. The number of hydrogen-bond acceptors (Lipinski definition) is 8. The van der Waals surface area contributed by atoms with E-state index < -0.39 is 9.84 Å². The summed E-state index contributed by atoms with van der Waals surface area (Å²) in [7, 11) is -2.95. The van der Waals surface area contributed by atoms with Gasteiger partial charge in [-0.3, -0.25) is 14.7 Å². The maximum Gasteiger partial charge on any atom is 0.251 e. The zero-order chi connectivity index (χ0) is 26.0. The Morgan fingerprint density at radius 1 is 1.14 bits per heavy atom. The van der Waals surface area contributed by atoms with Crippen LogP contribution in [0.3, 0.4) is 0 Å². The van der Waals surface area contributed by atoms with E-state index in [4.69, 9.17) is 0 Å². The number of aryl methyl sites for hydroxylation is 1. The number of carbonyl (C=O) groups excluding carboxylic acids is 1. The smallest absolute Gasteiger partial charge is 0.251 e. The second kappa shape index (κ2) is 11.0. The lowest BCUT2D eigenvalue weighted by molar-refractivity contribution is 0.0951. The van der Waals surface area contributed by atoms with Gasteiger partial charge in [0.2, 0.25) is 0 Å². The third-order valence-electron chi connectivity index (χ3n) is 7.20. The van der Waals surface area contributed by atoms with Crippen LogP contribution in [0.15, 0.2) is 53.5 Å². The molecule has 0 spiro atoms. The van der Waals surface area contributed by atoms with Crippen LogP contribution in [0.25, 0.3) is 0 Å². The van der Waals surface area contributed by atoms with Gasteiger partial charge in [-0.15, -0.1) is 0 Å². The van der Waals surface area contributed by atoms with E-state index in [1.54, 1.807) is 12.1 Å². The predicted molar refractivity (Wildman–Crippen MR) is 153 cm³/mol. The fourth-order valence-corrected chi connectivity index (χ4v) is 8.95. The number of aliphatic imine (C=N–C) groups is 1. The molecule has 8 nitrogen and oxygen atoms in total. The number of amides is 1. The molecule has 3 unspecified atom stereocenters. The van der Waals surface area contributed by atoms with Crippen LogP contribution in [0.4, 0.5) is 11.4 Å². The zero-order valence-corrected chi connectivity index (χ0v) is 23.0. The summed E-state index contributed by atoms with van der Waals surface area (Å²) in [5.74, 6) is 0.257. The summed E-state index contributed by atoms with van der Waals surface area (Å²) in [6.07, 6.45) is 0.914. The SMILES string of the molecule is Cc1cccc(N2CCN(CCCNC(=O)c3ccc(NC4=NC5CS(=O)(=O)CC5S4)cc3)CC2C)c1. The Hall–Kier alpha value is -2.56. The number of amidine groups is 1. The molecule has 3 aliphatic heterocycles. The lowest BCUT2D eigenvalue weighted by atomic mass is 10.1. The summed E-state index contributed by atoms with van der Waals surface area (Å²) in [6.45, 7) is 9.10. The molecule has 3 atom stereocenters. The van der Waals surface area contributed by atoms with E-state index in [-0.39, 0.29) is 28.7 Å². The molecule has 37 heavy (non-hydrogen) atoms. The number of hydrogen-bond donors (Lipinski definition) is 2. The number of benzene rings is 2. The van der Waals surface area contributed by atoms with Crippen LogP contribution in [-0.4, -0.2) is 86.0 Å². The zero-order valence-electron chi connectivity index (χ0n) is 21.4. The number of sulfone groups is 1. The molecule has 3 heterocycles. The summed E-state index contributed by atoms with van der Waals surface area (Å²) >= 11 is 1.49. The molecule has 198 valence electrons. The summed E-state index contributed by atoms with van der Waals surface area (Å²) < 4.78 is 23.4. The molecule has 1 amide bonds. The highest BCUT2D eigenvalue weighted by atomic mass is 32.2. The monoisotopic (exact) mass is 541 g/mol. The van der Waals surface area contributed by atoms with Crippen molar-refractivity contribution >= 4 is 44.0 Å². The van der Waals surface area contributed by atoms with Gasteiger partial charge in [0.1, 0.15) is 0 Å². The molecular weight excluding hydrogens is 506 g/mol. The van der Waals surface area contributed by atoms with Gasteiger partial charge in [0, 0.05) is 54.4 Å². The third-order valence-corrected chi connectivity index (χ3v) is 10.3. The normalized spacial score (nSPS) is 25.0. The average molecular weight is 542 g/mol. The van der Waals surface area contributed by atoms with Crippen molar-refractivity contribution in [2.24, 2.45) is 4.99 Å². The largest absolute Gasteiger partial charge is 0.366 e. The first kappa shape index (κ1) is 26.1. The second-order valence-corrected chi connectivity index (χ2v) is 13.6. The molecule has 2 N–H and O–H groups in total. The number of fused-ring (bicyclic) bond motifs is 1. The lowest BCUT2D eigenvalue weighted by Gasteiger charge is -2.41. The van der Waals surface area contributed by atoms with Crippen LogP contribution in [0, 0.1) is 6.92 Å². The van der Waals surface area contributed by atoms with E-state index in [9.17, 15) is 13.2 Å². The van der Waals surface area contributed by atoms with Gasteiger partial charge < -0.3 is 15.5 Å². The molecule has 0 aliphatic carbocycles. The van der Waals surface area contributed by atoms with E-state index in [1.165, 1.54) is 23.0 Å². The standard InChI is InChI=1S/C27H35N5O3S2/c1-19-5-3-6-23(15-19)32-14-13-31(16-20(32)2)12-4-11-28-26(33)21-7-9-22(10-8-21)29-27-30-24-17-37(34,35)18-25(24)36-27/h3,5-10,15,20,24-25H,4,11-14,16-18H2,1-2H3,(H,28,33)(H,29,30). The maximum absolute atomic E-state index is 12.6. The molecule has 2 saturated heterocycles. The van der Waals surface area contributed by atoms with Crippen molar-refractivity contribution in [3.8, 4) is 0 Å². The molecule has 5 rings (SSSR count). The molecule has 0 radical (unpaired) electrons. The lowest BCUT2D eigenvalue weighted by Crippen LogP contribution is -2.52. The van der Waals surface area contributed by atoms with Gasteiger partial charge in [0.25, 0.3) is 5.91 Å². The summed E-state index contributed by atoms with van der Waals surface area (Å²) in [4.78, 5) is 22.1. The Morgan fingerprint density at radius 2 is 1.95 bits per heavy atom. The minimum atomic E-state index is -2.95. The number of thioether (sulfide) groups is 1. The van der Waals surface area contributed by atoms with Gasteiger partial charge in [0.15, 0.2) is 15.0 Å². The van der Waals surface area contributed by atoms with Gasteiger partial charge in [-0.05, 0) is 68.8 Å². The molecule has 3 aliphatic rings. The summed E-state index contributed by atoms with van der Waals surface area (Å²) in [5.41, 5.74) is 4.05. The highest BCUT2D eigenvalue weighted by Crippen LogP contribution is 2.34. The van der Waals surface area contributed by atoms with Gasteiger partial charge in [0.05, 0.1) is 17.5 Å².